The molecular formula is C39H74NO8P. The van der Waals surface area contributed by atoms with E-state index in [-0.39, 0.29) is 26.1 Å². The fourth-order valence-electron chi connectivity index (χ4n) is 5.09. The van der Waals surface area contributed by atoms with E-state index in [1.165, 1.54) is 70.6 Å². The summed E-state index contributed by atoms with van der Waals surface area (Å²) in [6.45, 7) is 4.14. The first-order chi connectivity index (χ1) is 23.5. The second-order valence-electron chi connectivity index (χ2n) is 14.3. The highest BCUT2D eigenvalue weighted by molar-refractivity contribution is 7.45. The summed E-state index contributed by atoms with van der Waals surface area (Å²) >= 11 is 0. The van der Waals surface area contributed by atoms with Crippen LogP contribution in [0.1, 0.15) is 162 Å². The summed E-state index contributed by atoms with van der Waals surface area (Å²) < 4.78 is 33.7. The SMILES string of the molecule is CCCCC/C=C/C/C=C/CCCCCCCCCC(=O)OC[C@@H](COP(=O)([O-])OCC[N+](C)(C)C)OC(=O)CCCCCCCCCC. The smallest absolute Gasteiger partial charge is 0.306 e. The number of esters is 2. The molecule has 0 aromatic heterocycles. The maximum Gasteiger partial charge on any atom is 0.306 e. The van der Waals surface area contributed by atoms with E-state index in [1.54, 1.807) is 0 Å². The quantitative estimate of drug-likeness (QED) is 0.0210. The van der Waals surface area contributed by atoms with Crippen molar-refractivity contribution in [2.75, 3.05) is 47.5 Å². The average molecular weight is 716 g/mol. The molecule has 0 aliphatic heterocycles. The zero-order valence-corrected chi connectivity index (χ0v) is 33.0. The Bertz CT molecular complexity index is 902. The number of likely N-dealkylation sites (N-methyl/N-ethyl adjacent to an activating group) is 1. The Morgan fingerprint density at radius 1 is 0.633 bits per heavy atom. The molecule has 0 heterocycles. The van der Waals surface area contributed by atoms with Gasteiger partial charge in [0.1, 0.15) is 19.8 Å². The predicted octanol–water partition coefficient (Wildman–Crippen LogP) is 9.77. The minimum absolute atomic E-state index is 0.0309. The molecule has 10 heteroatoms. The van der Waals surface area contributed by atoms with Crippen molar-refractivity contribution in [2.45, 2.75) is 168 Å². The third kappa shape index (κ3) is 36.1. The molecule has 0 radical (unpaired) electrons. The molecule has 0 aromatic carbocycles. The fourth-order valence-corrected chi connectivity index (χ4v) is 5.82. The van der Waals surface area contributed by atoms with Gasteiger partial charge in [0, 0.05) is 12.8 Å². The fraction of sp³-hybridized carbons (Fsp3) is 0.846. The molecule has 0 rings (SSSR count). The van der Waals surface area contributed by atoms with Crippen molar-refractivity contribution in [3.63, 3.8) is 0 Å². The number of hydrogen-bond donors (Lipinski definition) is 0. The average Bonchev–Trinajstić information content (AvgIpc) is 3.04. The van der Waals surface area contributed by atoms with Gasteiger partial charge in [0.2, 0.25) is 0 Å². The van der Waals surface area contributed by atoms with E-state index >= 15 is 0 Å². The van der Waals surface area contributed by atoms with E-state index < -0.39 is 32.5 Å². The van der Waals surface area contributed by atoms with Crippen LogP contribution >= 0.6 is 7.82 Å². The van der Waals surface area contributed by atoms with E-state index in [0.717, 1.165) is 57.8 Å². The van der Waals surface area contributed by atoms with Crippen LogP contribution < -0.4 is 4.89 Å². The van der Waals surface area contributed by atoms with E-state index in [1.807, 2.05) is 21.1 Å². The Labute approximate surface area is 300 Å². The Hall–Kier alpha value is -1.51. The first-order valence-corrected chi connectivity index (χ1v) is 21.0. The van der Waals surface area contributed by atoms with Gasteiger partial charge in [0.25, 0.3) is 7.82 Å². The van der Waals surface area contributed by atoms with Gasteiger partial charge >= 0.3 is 11.9 Å². The van der Waals surface area contributed by atoms with Gasteiger partial charge in [-0.3, -0.25) is 14.2 Å². The van der Waals surface area contributed by atoms with Crippen LogP contribution in [-0.4, -0.2) is 70.0 Å². The standard InChI is InChI=1S/C39H74NO8P/c1-6-8-10-12-14-16-17-18-19-20-21-22-23-24-26-27-29-31-38(41)45-35-37(36-47-49(43,44)46-34-33-40(3,4)5)48-39(42)32-30-28-25-15-13-11-9-7-2/h14,16,18-19,37H,6-13,15,17,20-36H2,1-5H3/b16-14+,19-18+/t37-/m0/s1. The van der Waals surface area contributed by atoms with Gasteiger partial charge in [-0.2, -0.15) is 0 Å². The van der Waals surface area contributed by atoms with Gasteiger partial charge in [-0.05, 0) is 44.9 Å². The summed E-state index contributed by atoms with van der Waals surface area (Å²) in [4.78, 5) is 37.2. The van der Waals surface area contributed by atoms with Crippen LogP contribution in [0, 0.1) is 0 Å². The highest BCUT2D eigenvalue weighted by Crippen LogP contribution is 2.38. The van der Waals surface area contributed by atoms with Crippen LogP contribution in [0.15, 0.2) is 24.3 Å². The number of unbranched alkanes of at least 4 members (excludes halogenated alkanes) is 17. The number of phosphoric ester groups is 1. The number of hydrogen-bond acceptors (Lipinski definition) is 8. The maximum absolute atomic E-state index is 12.5. The zero-order valence-electron chi connectivity index (χ0n) is 32.1. The van der Waals surface area contributed by atoms with E-state index in [0.29, 0.717) is 17.4 Å². The Kier molecular flexibility index (Phi) is 31.4. The van der Waals surface area contributed by atoms with Gasteiger partial charge < -0.3 is 27.9 Å². The van der Waals surface area contributed by atoms with Crippen LogP contribution in [0.25, 0.3) is 0 Å². The van der Waals surface area contributed by atoms with Gasteiger partial charge in [-0.25, -0.2) is 0 Å². The summed E-state index contributed by atoms with van der Waals surface area (Å²) in [6, 6.07) is 0. The lowest BCUT2D eigenvalue weighted by molar-refractivity contribution is -0.870. The third-order valence-electron chi connectivity index (χ3n) is 8.22. The van der Waals surface area contributed by atoms with Crippen molar-refractivity contribution in [1.29, 1.82) is 0 Å². The van der Waals surface area contributed by atoms with E-state index in [4.69, 9.17) is 18.5 Å². The molecule has 0 N–H and O–H groups in total. The zero-order chi connectivity index (χ0) is 36.5. The molecule has 0 amide bonds. The molecule has 0 bridgehead atoms. The molecule has 0 aromatic rings. The number of phosphoric acid groups is 1. The lowest BCUT2D eigenvalue weighted by atomic mass is 10.1. The number of carbonyl (C=O) groups excluding carboxylic acids is 2. The minimum Gasteiger partial charge on any atom is -0.756 e. The van der Waals surface area contributed by atoms with Crippen LogP contribution in [-0.2, 0) is 32.7 Å². The lowest BCUT2D eigenvalue weighted by Crippen LogP contribution is -2.37. The number of ether oxygens (including phenoxy) is 2. The molecule has 288 valence electrons. The molecular weight excluding hydrogens is 641 g/mol. The van der Waals surface area contributed by atoms with Gasteiger partial charge in [-0.1, -0.05) is 128 Å². The third-order valence-corrected chi connectivity index (χ3v) is 9.19. The van der Waals surface area contributed by atoms with Gasteiger partial charge in [-0.15, -0.1) is 0 Å². The van der Waals surface area contributed by atoms with Crippen LogP contribution in [0.5, 0.6) is 0 Å². The second kappa shape index (κ2) is 32.4. The first kappa shape index (κ1) is 47.5. The molecule has 49 heavy (non-hydrogen) atoms. The molecule has 0 aliphatic carbocycles. The predicted molar refractivity (Wildman–Crippen MR) is 199 cm³/mol. The van der Waals surface area contributed by atoms with E-state index in [9.17, 15) is 19.0 Å². The molecule has 0 spiro atoms. The molecule has 0 saturated heterocycles. The van der Waals surface area contributed by atoms with Gasteiger partial charge in [0.15, 0.2) is 6.10 Å². The highest BCUT2D eigenvalue weighted by Gasteiger charge is 2.21. The summed E-state index contributed by atoms with van der Waals surface area (Å²) in [5.41, 5.74) is 0. The first-order valence-electron chi connectivity index (χ1n) is 19.5. The molecule has 2 atom stereocenters. The van der Waals surface area contributed by atoms with Crippen LogP contribution in [0.2, 0.25) is 0 Å². The maximum atomic E-state index is 12.5. The molecule has 0 fully saturated rings. The number of nitrogens with zero attached hydrogens (tertiary/aromatic N) is 1. The molecule has 0 aliphatic rings. The Morgan fingerprint density at radius 2 is 1.10 bits per heavy atom. The normalized spacial score (nSPS) is 14.0. The van der Waals surface area contributed by atoms with Gasteiger partial charge in [0.05, 0.1) is 27.7 Å². The summed E-state index contributed by atoms with van der Waals surface area (Å²) in [7, 11) is 1.16. The van der Waals surface area contributed by atoms with Crippen molar-refractivity contribution in [1.82, 2.24) is 0 Å². The van der Waals surface area contributed by atoms with Crippen molar-refractivity contribution >= 4 is 19.8 Å². The Balaban J connectivity index is 4.34. The molecule has 0 saturated carbocycles. The summed E-state index contributed by atoms with van der Waals surface area (Å²) in [5.74, 6) is -0.847. The highest BCUT2D eigenvalue weighted by atomic mass is 31.2. The van der Waals surface area contributed by atoms with Crippen molar-refractivity contribution in [3.8, 4) is 0 Å². The summed E-state index contributed by atoms with van der Waals surface area (Å²) in [5, 5.41) is 0. The Morgan fingerprint density at radius 3 is 1.65 bits per heavy atom. The second-order valence-corrected chi connectivity index (χ2v) is 15.7. The molecule has 1 unspecified atom stereocenters. The van der Waals surface area contributed by atoms with Crippen LogP contribution in [0.3, 0.4) is 0 Å². The van der Waals surface area contributed by atoms with Crippen molar-refractivity contribution in [3.05, 3.63) is 24.3 Å². The van der Waals surface area contributed by atoms with Crippen molar-refractivity contribution in [2.24, 2.45) is 0 Å². The lowest BCUT2D eigenvalue weighted by Gasteiger charge is -2.28. The molecule has 9 nitrogen and oxygen atoms in total. The number of quaternary nitrogens is 1. The largest absolute Gasteiger partial charge is 0.756 e. The number of allylic oxidation sites excluding steroid dienone is 4. The number of rotatable bonds is 35. The topological polar surface area (TPSA) is 111 Å². The monoisotopic (exact) mass is 716 g/mol. The van der Waals surface area contributed by atoms with Crippen molar-refractivity contribution < 1.29 is 42.1 Å². The summed E-state index contributed by atoms with van der Waals surface area (Å²) in [6.07, 6.45) is 32.1. The van der Waals surface area contributed by atoms with E-state index in [2.05, 4.69) is 38.2 Å². The minimum atomic E-state index is -4.61. The van der Waals surface area contributed by atoms with Crippen LogP contribution in [0.4, 0.5) is 0 Å². The number of carbonyl (C=O) groups is 2.